The van der Waals surface area contributed by atoms with Crippen LogP contribution in [0.15, 0.2) is 0 Å². The first-order valence-electron chi connectivity index (χ1n) is 6.04. The fourth-order valence-corrected chi connectivity index (χ4v) is 4.68. The Morgan fingerprint density at radius 3 is 2.35 bits per heavy atom. The van der Waals surface area contributed by atoms with Crippen molar-refractivity contribution in [1.82, 2.24) is 0 Å². The molecule has 5 atom stereocenters. The first kappa shape index (κ1) is 11.0. The van der Waals surface area contributed by atoms with Crippen molar-refractivity contribution in [3.63, 3.8) is 0 Å². The highest BCUT2D eigenvalue weighted by atomic mass is 16.4. The van der Waals surface area contributed by atoms with Gasteiger partial charge in [0.2, 0.25) is 0 Å². The van der Waals surface area contributed by atoms with E-state index in [2.05, 4.69) is 0 Å². The molecule has 4 saturated carbocycles. The fraction of sp³-hybridized carbons (Fsp3) is 0.833. The van der Waals surface area contributed by atoms with Crippen LogP contribution in [0, 0.1) is 22.7 Å². The van der Waals surface area contributed by atoms with Crippen LogP contribution in [-0.4, -0.2) is 33.4 Å². The molecule has 0 aliphatic heterocycles. The van der Waals surface area contributed by atoms with Crippen molar-refractivity contribution in [3.05, 3.63) is 0 Å². The predicted molar refractivity (Wildman–Crippen MR) is 56.2 cm³/mol. The standard InChI is InChI=1S/C12H16O5/c13-8-7-1-6-2-11(4-7,9(14)15)5-12(8,3-6)10(16)17/h6-8,13H,1-5H2,(H,14,15)(H,16,17)/t6-,7+,8?,11+,12+/m0/s1. The number of carboxylic acid groups (broad SMARTS) is 2. The SMILES string of the molecule is O=C(O)[C@]12C[C@@H]3C[C@H](C1)C(O)[C@@](C(=O)O)(C3)C2. The van der Waals surface area contributed by atoms with Crippen LogP contribution >= 0.6 is 0 Å². The highest BCUT2D eigenvalue weighted by Crippen LogP contribution is 2.65. The van der Waals surface area contributed by atoms with Gasteiger partial charge in [0.05, 0.1) is 16.9 Å². The molecule has 0 aromatic heterocycles. The van der Waals surface area contributed by atoms with E-state index < -0.39 is 28.9 Å². The summed E-state index contributed by atoms with van der Waals surface area (Å²) in [7, 11) is 0. The summed E-state index contributed by atoms with van der Waals surface area (Å²) in [5, 5.41) is 28.9. The lowest BCUT2D eigenvalue weighted by Crippen LogP contribution is -2.64. The summed E-state index contributed by atoms with van der Waals surface area (Å²) in [5.41, 5.74) is -2.11. The van der Waals surface area contributed by atoms with Gasteiger partial charge in [-0.1, -0.05) is 0 Å². The van der Waals surface area contributed by atoms with E-state index in [1.165, 1.54) is 0 Å². The second-order valence-electron chi connectivity index (χ2n) is 6.14. The molecule has 4 aliphatic rings. The maximum absolute atomic E-state index is 11.5. The Bertz CT molecular complexity index is 406. The molecule has 4 aliphatic carbocycles. The van der Waals surface area contributed by atoms with Crippen molar-refractivity contribution in [2.75, 3.05) is 0 Å². The summed E-state index contributed by atoms with van der Waals surface area (Å²) < 4.78 is 0. The quantitative estimate of drug-likeness (QED) is 0.660. The van der Waals surface area contributed by atoms with E-state index in [0.29, 0.717) is 19.3 Å². The molecule has 5 heteroatoms. The van der Waals surface area contributed by atoms with Gasteiger partial charge in [-0.15, -0.1) is 0 Å². The highest BCUT2D eigenvalue weighted by Gasteiger charge is 2.67. The lowest BCUT2D eigenvalue weighted by atomic mass is 9.43. The third-order valence-corrected chi connectivity index (χ3v) is 5.17. The predicted octanol–water partition coefficient (Wildman–Crippen LogP) is 0.713. The molecule has 4 rings (SSSR count). The van der Waals surface area contributed by atoms with E-state index in [1.807, 2.05) is 0 Å². The summed E-state index contributed by atoms with van der Waals surface area (Å²) in [5.74, 6) is -1.91. The third-order valence-electron chi connectivity index (χ3n) is 5.17. The van der Waals surface area contributed by atoms with Crippen LogP contribution < -0.4 is 0 Å². The fourth-order valence-electron chi connectivity index (χ4n) is 4.68. The monoisotopic (exact) mass is 240 g/mol. The molecule has 4 fully saturated rings. The molecular weight excluding hydrogens is 224 g/mol. The van der Waals surface area contributed by atoms with Crippen LogP contribution in [-0.2, 0) is 9.59 Å². The van der Waals surface area contributed by atoms with Gasteiger partial charge in [0.15, 0.2) is 0 Å². The van der Waals surface area contributed by atoms with Crippen LogP contribution in [0.3, 0.4) is 0 Å². The molecule has 0 radical (unpaired) electrons. The van der Waals surface area contributed by atoms with Gasteiger partial charge in [-0.05, 0) is 43.9 Å². The second-order valence-corrected chi connectivity index (χ2v) is 6.14. The summed E-state index contributed by atoms with van der Waals surface area (Å²) in [6, 6.07) is 0. The summed E-state index contributed by atoms with van der Waals surface area (Å²) in [4.78, 5) is 22.9. The molecule has 4 bridgehead atoms. The number of carboxylic acids is 2. The molecule has 0 saturated heterocycles. The topological polar surface area (TPSA) is 94.8 Å². The second kappa shape index (κ2) is 3.02. The number of hydrogen-bond donors (Lipinski definition) is 3. The lowest BCUT2D eigenvalue weighted by Gasteiger charge is -2.60. The van der Waals surface area contributed by atoms with Gasteiger partial charge in [0, 0.05) is 0 Å². The summed E-state index contributed by atoms with van der Waals surface area (Å²) in [6.45, 7) is 0. The Kier molecular flexibility index (Phi) is 1.95. The van der Waals surface area contributed by atoms with Gasteiger partial charge in [-0.2, -0.15) is 0 Å². The van der Waals surface area contributed by atoms with E-state index in [0.717, 1.165) is 6.42 Å². The number of aliphatic hydroxyl groups is 1. The van der Waals surface area contributed by atoms with E-state index in [1.54, 1.807) is 0 Å². The molecule has 94 valence electrons. The van der Waals surface area contributed by atoms with E-state index in [9.17, 15) is 24.9 Å². The molecule has 5 nitrogen and oxygen atoms in total. The number of aliphatic hydroxyl groups excluding tert-OH is 1. The van der Waals surface area contributed by atoms with E-state index >= 15 is 0 Å². The van der Waals surface area contributed by atoms with Gasteiger partial charge in [-0.3, -0.25) is 9.59 Å². The zero-order valence-corrected chi connectivity index (χ0v) is 9.43. The number of hydrogen-bond acceptors (Lipinski definition) is 3. The zero-order valence-electron chi connectivity index (χ0n) is 9.43. The molecule has 0 aromatic rings. The van der Waals surface area contributed by atoms with Gasteiger partial charge in [-0.25, -0.2) is 0 Å². The summed E-state index contributed by atoms with van der Waals surface area (Å²) >= 11 is 0. The maximum atomic E-state index is 11.5. The van der Waals surface area contributed by atoms with Gasteiger partial charge in [0.1, 0.15) is 0 Å². The first-order chi connectivity index (χ1) is 7.90. The molecule has 0 spiro atoms. The van der Waals surface area contributed by atoms with Crippen molar-refractivity contribution in [2.45, 2.75) is 38.2 Å². The lowest BCUT2D eigenvalue weighted by molar-refractivity contribution is -0.215. The van der Waals surface area contributed by atoms with E-state index in [-0.39, 0.29) is 18.3 Å². The van der Waals surface area contributed by atoms with Crippen molar-refractivity contribution < 1.29 is 24.9 Å². The molecule has 0 amide bonds. The molecule has 0 aromatic carbocycles. The molecule has 1 unspecified atom stereocenters. The van der Waals surface area contributed by atoms with Crippen LogP contribution in [0.25, 0.3) is 0 Å². The molecular formula is C12H16O5. The average Bonchev–Trinajstić information content (AvgIpc) is 2.24. The number of rotatable bonds is 2. The van der Waals surface area contributed by atoms with E-state index in [4.69, 9.17) is 0 Å². The normalized spacial score (nSPS) is 51.5. The van der Waals surface area contributed by atoms with Crippen LogP contribution in [0.1, 0.15) is 32.1 Å². The van der Waals surface area contributed by atoms with Crippen LogP contribution in [0.4, 0.5) is 0 Å². The molecule has 3 N–H and O–H groups in total. The van der Waals surface area contributed by atoms with Crippen molar-refractivity contribution >= 4 is 11.9 Å². The van der Waals surface area contributed by atoms with Crippen molar-refractivity contribution in [1.29, 1.82) is 0 Å². The Labute approximate surface area is 98.4 Å². The van der Waals surface area contributed by atoms with Crippen molar-refractivity contribution in [2.24, 2.45) is 22.7 Å². The minimum Gasteiger partial charge on any atom is -0.481 e. The number of carbonyl (C=O) groups is 2. The van der Waals surface area contributed by atoms with Crippen molar-refractivity contribution in [3.8, 4) is 0 Å². The van der Waals surface area contributed by atoms with Gasteiger partial charge in [0.25, 0.3) is 0 Å². The Hall–Kier alpha value is -1.10. The minimum absolute atomic E-state index is 0.0961. The smallest absolute Gasteiger partial charge is 0.312 e. The summed E-state index contributed by atoms with van der Waals surface area (Å²) in [6.07, 6.45) is 1.47. The van der Waals surface area contributed by atoms with Gasteiger partial charge >= 0.3 is 11.9 Å². The Morgan fingerprint density at radius 1 is 1.06 bits per heavy atom. The van der Waals surface area contributed by atoms with Gasteiger partial charge < -0.3 is 15.3 Å². The Balaban J connectivity index is 2.08. The molecule has 17 heavy (non-hydrogen) atoms. The number of aliphatic carboxylic acids is 2. The minimum atomic E-state index is -1.21. The third kappa shape index (κ3) is 1.18. The highest BCUT2D eigenvalue weighted by molar-refractivity contribution is 5.81. The zero-order chi connectivity index (χ0) is 12.4. The Morgan fingerprint density at radius 2 is 1.76 bits per heavy atom. The first-order valence-corrected chi connectivity index (χ1v) is 6.04. The average molecular weight is 240 g/mol. The largest absolute Gasteiger partial charge is 0.481 e. The molecule has 0 heterocycles. The van der Waals surface area contributed by atoms with Crippen LogP contribution in [0.2, 0.25) is 0 Å². The van der Waals surface area contributed by atoms with Crippen LogP contribution in [0.5, 0.6) is 0 Å². The maximum Gasteiger partial charge on any atom is 0.312 e.